The van der Waals surface area contributed by atoms with E-state index in [4.69, 9.17) is 9.47 Å². The monoisotopic (exact) mass is 482 g/mol. The molecular formula is C29H26N2O5. The van der Waals surface area contributed by atoms with Gasteiger partial charge in [0.25, 0.3) is 11.7 Å². The predicted molar refractivity (Wildman–Crippen MR) is 134 cm³/mol. The summed E-state index contributed by atoms with van der Waals surface area (Å²) >= 11 is 0. The number of aliphatic hydroxyl groups is 1. The van der Waals surface area contributed by atoms with Crippen LogP contribution in [0.5, 0.6) is 11.5 Å². The van der Waals surface area contributed by atoms with Gasteiger partial charge in [0.2, 0.25) is 0 Å². The number of ether oxygens (including phenoxy) is 2. The van der Waals surface area contributed by atoms with Crippen LogP contribution < -0.4 is 9.47 Å². The van der Waals surface area contributed by atoms with Crippen molar-refractivity contribution in [2.24, 2.45) is 0 Å². The van der Waals surface area contributed by atoms with Crippen molar-refractivity contribution in [3.05, 3.63) is 107 Å². The van der Waals surface area contributed by atoms with Crippen molar-refractivity contribution in [2.45, 2.75) is 32.0 Å². The number of hydrogen-bond acceptors (Lipinski definition) is 6. The summed E-state index contributed by atoms with van der Waals surface area (Å²) in [5.74, 6) is -0.292. The minimum absolute atomic E-state index is 0.0386. The fourth-order valence-corrected chi connectivity index (χ4v) is 4.73. The van der Waals surface area contributed by atoms with E-state index in [1.165, 1.54) is 4.90 Å². The Balaban J connectivity index is 1.62. The van der Waals surface area contributed by atoms with Crippen molar-refractivity contribution >= 4 is 17.4 Å². The minimum Gasteiger partial charge on any atom is -0.507 e. The summed E-state index contributed by atoms with van der Waals surface area (Å²) in [6, 6.07) is 15.3. The lowest BCUT2D eigenvalue weighted by Gasteiger charge is -2.25. The Morgan fingerprint density at radius 2 is 2.08 bits per heavy atom. The van der Waals surface area contributed by atoms with Gasteiger partial charge in [-0.25, -0.2) is 0 Å². The summed E-state index contributed by atoms with van der Waals surface area (Å²) in [4.78, 5) is 32.2. The van der Waals surface area contributed by atoms with Gasteiger partial charge in [-0.15, -0.1) is 0 Å². The molecule has 2 aromatic carbocycles. The highest BCUT2D eigenvalue weighted by atomic mass is 16.5. The van der Waals surface area contributed by atoms with Crippen LogP contribution in [-0.2, 0) is 22.6 Å². The zero-order valence-electron chi connectivity index (χ0n) is 19.9. The van der Waals surface area contributed by atoms with Gasteiger partial charge < -0.3 is 19.5 Å². The van der Waals surface area contributed by atoms with Gasteiger partial charge in [0, 0.05) is 30.9 Å². The van der Waals surface area contributed by atoms with Gasteiger partial charge in [0.05, 0.1) is 11.6 Å². The molecule has 1 amide bonds. The Labute approximate surface area is 209 Å². The second kappa shape index (κ2) is 9.70. The molecule has 7 heteroatoms. The fourth-order valence-electron chi connectivity index (χ4n) is 4.73. The van der Waals surface area contributed by atoms with Gasteiger partial charge in [0.1, 0.15) is 30.0 Å². The van der Waals surface area contributed by atoms with Crippen molar-refractivity contribution in [2.75, 3.05) is 6.61 Å². The van der Waals surface area contributed by atoms with Gasteiger partial charge in [-0.1, -0.05) is 30.9 Å². The number of carbonyl (C=O) groups excluding carboxylic acids is 2. The number of carbonyl (C=O) groups is 2. The van der Waals surface area contributed by atoms with Crippen LogP contribution in [0.1, 0.15) is 35.2 Å². The van der Waals surface area contributed by atoms with Crippen LogP contribution in [0.2, 0.25) is 0 Å². The van der Waals surface area contributed by atoms with Crippen LogP contribution >= 0.6 is 0 Å². The third-order valence-electron chi connectivity index (χ3n) is 6.33. The first-order chi connectivity index (χ1) is 17.5. The average Bonchev–Trinajstić information content (AvgIpc) is 3.39. The molecule has 2 aliphatic heterocycles. The summed E-state index contributed by atoms with van der Waals surface area (Å²) in [6.07, 6.45) is 5.69. The quantitative estimate of drug-likeness (QED) is 0.229. The Hall–Kier alpha value is -4.39. The van der Waals surface area contributed by atoms with Crippen LogP contribution in [-0.4, -0.2) is 39.4 Å². The Kier molecular flexibility index (Phi) is 6.29. The van der Waals surface area contributed by atoms with E-state index in [0.29, 0.717) is 29.9 Å². The number of fused-ring (bicyclic) bond motifs is 1. The van der Waals surface area contributed by atoms with E-state index in [1.54, 1.807) is 54.9 Å². The van der Waals surface area contributed by atoms with Gasteiger partial charge in [-0.3, -0.25) is 14.6 Å². The number of aliphatic hydroxyl groups excluding tert-OH is 1. The van der Waals surface area contributed by atoms with E-state index >= 15 is 0 Å². The number of rotatable bonds is 7. The third-order valence-corrected chi connectivity index (χ3v) is 6.33. The normalized spacial score (nSPS) is 20.2. The zero-order chi connectivity index (χ0) is 25.2. The molecule has 5 rings (SSSR count). The van der Waals surface area contributed by atoms with E-state index in [1.807, 2.05) is 25.1 Å². The zero-order valence-corrected chi connectivity index (χ0v) is 19.9. The lowest BCUT2D eigenvalue weighted by atomic mass is 9.94. The first kappa shape index (κ1) is 23.4. The maximum Gasteiger partial charge on any atom is 0.295 e. The SMILES string of the molecule is C=CCOc1cccc([C@H]2C(=C(O)c3ccc4c(c3)C[C@@H](C)O4)C(=O)C(=O)N2Cc2cccnc2)c1. The molecule has 1 saturated heterocycles. The molecule has 0 unspecified atom stereocenters. The maximum atomic E-state index is 13.4. The van der Waals surface area contributed by atoms with Crippen LogP contribution in [0.25, 0.3) is 5.76 Å². The van der Waals surface area contributed by atoms with E-state index in [2.05, 4.69) is 11.6 Å². The smallest absolute Gasteiger partial charge is 0.295 e. The van der Waals surface area contributed by atoms with Crippen LogP contribution in [0, 0.1) is 0 Å². The first-order valence-corrected chi connectivity index (χ1v) is 11.8. The van der Waals surface area contributed by atoms with Crippen LogP contribution in [0.15, 0.2) is 85.2 Å². The van der Waals surface area contributed by atoms with Crippen molar-refractivity contribution in [3.63, 3.8) is 0 Å². The predicted octanol–water partition coefficient (Wildman–Crippen LogP) is 4.59. The molecule has 2 aliphatic rings. The van der Waals surface area contributed by atoms with E-state index in [9.17, 15) is 14.7 Å². The number of ketones is 1. The van der Waals surface area contributed by atoms with Crippen molar-refractivity contribution in [3.8, 4) is 11.5 Å². The lowest BCUT2D eigenvalue weighted by molar-refractivity contribution is -0.140. The number of benzene rings is 2. The van der Waals surface area contributed by atoms with Gasteiger partial charge in [-0.2, -0.15) is 0 Å². The summed E-state index contributed by atoms with van der Waals surface area (Å²) < 4.78 is 11.5. The topological polar surface area (TPSA) is 89.0 Å². The second-order valence-corrected chi connectivity index (χ2v) is 8.92. The maximum absolute atomic E-state index is 13.4. The second-order valence-electron chi connectivity index (χ2n) is 8.92. The molecule has 1 N–H and O–H groups in total. The summed E-state index contributed by atoms with van der Waals surface area (Å²) in [5, 5.41) is 11.4. The lowest BCUT2D eigenvalue weighted by Crippen LogP contribution is -2.29. The largest absolute Gasteiger partial charge is 0.507 e. The molecule has 3 heterocycles. The summed E-state index contributed by atoms with van der Waals surface area (Å²) in [7, 11) is 0. The molecule has 3 aromatic rings. The molecular weight excluding hydrogens is 456 g/mol. The van der Waals surface area contributed by atoms with Crippen molar-refractivity contribution in [1.29, 1.82) is 0 Å². The number of likely N-dealkylation sites (tertiary alicyclic amines) is 1. The Morgan fingerprint density at radius 1 is 1.22 bits per heavy atom. The standard InChI is InChI=1S/C29H26N2O5/c1-3-12-35-23-8-4-7-20(15-23)26-25(27(32)21-9-10-24-22(14-21)13-18(2)36-24)28(33)29(34)31(26)17-19-6-5-11-30-16-19/h3-11,14-16,18,26,32H,1,12-13,17H2,2H3/t18-,26+/m1/s1. The van der Waals surface area contributed by atoms with Gasteiger partial charge in [0.15, 0.2) is 0 Å². The molecule has 182 valence electrons. The first-order valence-electron chi connectivity index (χ1n) is 11.8. The molecule has 0 bridgehead atoms. The molecule has 0 spiro atoms. The Morgan fingerprint density at radius 3 is 2.86 bits per heavy atom. The average molecular weight is 483 g/mol. The Bertz CT molecular complexity index is 1370. The minimum atomic E-state index is -0.805. The number of amides is 1. The number of hydrogen-bond donors (Lipinski definition) is 1. The van der Waals surface area contributed by atoms with Crippen molar-refractivity contribution < 1.29 is 24.2 Å². The molecule has 36 heavy (non-hydrogen) atoms. The van der Waals surface area contributed by atoms with Gasteiger partial charge >= 0.3 is 0 Å². The molecule has 2 atom stereocenters. The highest BCUT2D eigenvalue weighted by molar-refractivity contribution is 6.46. The number of nitrogens with zero attached hydrogens (tertiary/aromatic N) is 2. The summed E-state index contributed by atoms with van der Waals surface area (Å²) in [5.41, 5.74) is 2.88. The molecule has 1 aromatic heterocycles. The fraction of sp³-hybridized carbons (Fsp3) is 0.207. The number of Topliss-reactive ketones (excluding diaryl/α,β-unsaturated/α-hetero) is 1. The third kappa shape index (κ3) is 4.35. The highest BCUT2D eigenvalue weighted by Crippen LogP contribution is 2.42. The highest BCUT2D eigenvalue weighted by Gasteiger charge is 2.46. The molecule has 7 nitrogen and oxygen atoms in total. The van der Waals surface area contributed by atoms with Gasteiger partial charge in [-0.05, 0) is 60.0 Å². The summed E-state index contributed by atoms with van der Waals surface area (Å²) in [6.45, 7) is 6.13. The molecule has 0 radical (unpaired) electrons. The van der Waals surface area contributed by atoms with E-state index < -0.39 is 17.7 Å². The van der Waals surface area contributed by atoms with Crippen LogP contribution in [0.4, 0.5) is 0 Å². The van der Waals surface area contributed by atoms with E-state index in [-0.39, 0.29) is 24.0 Å². The molecule has 1 fully saturated rings. The van der Waals surface area contributed by atoms with E-state index in [0.717, 1.165) is 16.9 Å². The van der Waals surface area contributed by atoms with Crippen molar-refractivity contribution in [1.82, 2.24) is 9.88 Å². The number of pyridine rings is 1. The van der Waals surface area contributed by atoms with Crippen LogP contribution in [0.3, 0.4) is 0 Å². The molecule has 0 saturated carbocycles. The molecule has 0 aliphatic carbocycles. The number of aromatic nitrogens is 1.